The number of phenols is 1. The number of benzene rings is 1. The van der Waals surface area contributed by atoms with Crippen LogP contribution in [-0.4, -0.2) is 18.8 Å². The number of methoxy groups -OCH3 is 1. The van der Waals surface area contributed by atoms with Crippen molar-refractivity contribution in [2.24, 2.45) is 5.73 Å². The van der Waals surface area contributed by atoms with Crippen molar-refractivity contribution in [1.29, 1.82) is 0 Å². The van der Waals surface area contributed by atoms with Crippen LogP contribution in [0, 0.1) is 0 Å². The minimum atomic E-state index is 0.181. The van der Waals surface area contributed by atoms with Gasteiger partial charge in [-0.15, -0.1) is 0 Å². The van der Waals surface area contributed by atoms with Gasteiger partial charge in [0.15, 0.2) is 6.54 Å². The van der Waals surface area contributed by atoms with E-state index in [4.69, 9.17) is 10.5 Å². The summed E-state index contributed by atoms with van der Waals surface area (Å²) < 4.78 is 7.17. The van der Waals surface area contributed by atoms with Crippen LogP contribution < -0.4 is 15.0 Å². The van der Waals surface area contributed by atoms with Crippen LogP contribution in [-0.2, 0) is 6.54 Å². The first kappa shape index (κ1) is 15.8. The smallest absolute Gasteiger partial charge is 0.205 e. The molecule has 1 aromatic carbocycles. The zero-order valence-electron chi connectivity index (χ0n) is 12.7. The molecule has 0 spiro atoms. The highest BCUT2D eigenvalue weighted by Crippen LogP contribution is 2.24. The molecule has 0 bridgehead atoms. The quantitative estimate of drug-likeness (QED) is 0.805. The number of nitrogens with zero attached hydrogens (tertiary/aromatic N) is 1. The molecule has 114 valence electrons. The third-order valence-electron chi connectivity index (χ3n) is 3.39. The van der Waals surface area contributed by atoms with Gasteiger partial charge in [0.1, 0.15) is 11.5 Å². The van der Waals surface area contributed by atoms with E-state index in [1.165, 1.54) is 0 Å². The van der Waals surface area contributed by atoms with E-state index in [2.05, 4.69) is 11.1 Å². The maximum absolute atomic E-state index is 10.00. The molecule has 0 saturated carbocycles. The van der Waals surface area contributed by atoms with E-state index >= 15 is 0 Å². The summed E-state index contributed by atoms with van der Waals surface area (Å²) >= 11 is 0. The van der Waals surface area contributed by atoms with Crippen LogP contribution in [0.3, 0.4) is 0 Å². The first-order valence-corrected chi connectivity index (χ1v) is 7.10. The molecule has 4 heteroatoms. The highest BCUT2D eigenvalue weighted by atomic mass is 16.5. The van der Waals surface area contributed by atoms with E-state index in [1.54, 1.807) is 19.3 Å². The van der Waals surface area contributed by atoms with Crippen molar-refractivity contribution < 1.29 is 14.4 Å². The van der Waals surface area contributed by atoms with Gasteiger partial charge in [-0.25, -0.2) is 0 Å². The lowest BCUT2D eigenvalue weighted by molar-refractivity contribution is -0.697. The topological polar surface area (TPSA) is 59.4 Å². The van der Waals surface area contributed by atoms with E-state index in [-0.39, 0.29) is 5.75 Å². The average molecular weight is 297 g/mol. The molecule has 0 saturated heterocycles. The molecule has 0 unspecified atom stereocenters. The molecule has 3 N–H and O–H groups in total. The van der Waals surface area contributed by atoms with Gasteiger partial charge in [-0.05, 0) is 24.3 Å². The Morgan fingerprint density at radius 2 is 2.00 bits per heavy atom. The Kier molecular flexibility index (Phi) is 5.33. The van der Waals surface area contributed by atoms with Crippen molar-refractivity contribution in [3.05, 3.63) is 59.9 Å². The van der Waals surface area contributed by atoms with Crippen molar-refractivity contribution in [3.8, 4) is 11.5 Å². The van der Waals surface area contributed by atoms with Gasteiger partial charge >= 0.3 is 0 Å². The second-order valence-electron chi connectivity index (χ2n) is 4.78. The Morgan fingerprint density at radius 1 is 1.23 bits per heavy atom. The van der Waals surface area contributed by atoms with Crippen molar-refractivity contribution in [2.45, 2.75) is 6.54 Å². The lowest BCUT2D eigenvalue weighted by atomic mass is 10.1. The maximum atomic E-state index is 10.00. The average Bonchev–Trinajstić information content (AvgIpc) is 2.54. The van der Waals surface area contributed by atoms with Gasteiger partial charge in [-0.2, -0.15) is 4.57 Å². The number of pyridine rings is 1. The highest BCUT2D eigenvalue weighted by Gasteiger charge is 2.11. The van der Waals surface area contributed by atoms with Crippen LogP contribution >= 0.6 is 0 Å². The molecule has 1 aromatic heterocycles. The predicted molar refractivity (Wildman–Crippen MR) is 89.4 cm³/mol. The van der Waals surface area contributed by atoms with Crippen LogP contribution in [0.1, 0.15) is 17.0 Å². The van der Waals surface area contributed by atoms with Crippen molar-refractivity contribution in [1.82, 2.24) is 0 Å². The summed E-state index contributed by atoms with van der Waals surface area (Å²) in [6.07, 6.45) is 5.62. The number of phenolic OH excluding ortho intramolecular Hbond substituents is 1. The zero-order chi connectivity index (χ0) is 15.9. The molecule has 22 heavy (non-hydrogen) atoms. The van der Waals surface area contributed by atoms with Crippen molar-refractivity contribution in [3.63, 3.8) is 0 Å². The van der Waals surface area contributed by atoms with Gasteiger partial charge in [-0.3, -0.25) is 0 Å². The minimum Gasteiger partial charge on any atom is -0.507 e. The number of aromatic hydroxyl groups is 1. The molecule has 0 radical (unpaired) electrons. The van der Waals surface area contributed by atoms with Crippen LogP contribution in [0.25, 0.3) is 18.2 Å². The molecule has 0 aliphatic rings. The first-order chi connectivity index (χ1) is 10.7. The lowest BCUT2D eigenvalue weighted by Crippen LogP contribution is -2.43. The number of ether oxygens (including phenoxy) is 1. The number of aromatic nitrogens is 1. The molecule has 0 amide bonds. The SMILES string of the molecule is C=Cc1cccc(/C=C/c2ccc(OC)cc2O)[n+]1CCN. The van der Waals surface area contributed by atoms with Gasteiger partial charge < -0.3 is 15.6 Å². The zero-order valence-corrected chi connectivity index (χ0v) is 12.7. The molecule has 2 rings (SSSR count). The summed E-state index contributed by atoms with van der Waals surface area (Å²) in [4.78, 5) is 0. The van der Waals surface area contributed by atoms with Gasteiger partial charge in [0.25, 0.3) is 0 Å². The fourth-order valence-corrected chi connectivity index (χ4v) is 2.25. The molecule has 0 aliphatic carbocycles. The summed E-state index contributed by atoms with van der Waals surface area (Å²) in [7, 11) is 1.57. The second kappa shape index (κ2) is 7.43. The molecule has 2 aromatic rings. The van der Waals surface area contributed by atoms with Gasteiger partial charge in [0.2, 0.25) is 11.4 Å². The largest absolute Gasteiger partial charge is 0.507 e. The highest BCUT2D eigenvalue weighted by molar-refractivity contribution is 5.71. The minimum absolute atomic E-state index is 0.181. The Hall–Kier alpha value is -2.59. The predicted octanol–water partition coefficient (Wildman–Crippen LogP) is 2.46. The van der Waals surface area contributed by atoms with E-state index < -0.39 is 0 Å². The van der Waals surface area contributed by atoms with Crippen molar-refractivity contribution >= 4 is 18.2 Å². The third-order valence-corrected chi connectivity index (χ3v) is 3.39. The molecule has 4 nitrogen and oxygen atoms in total. The number of hydrogen-bond acceptors (Lipinski definition) is 3. The lowest BCUT2D eigenvalue weighted by Gasteiger charge is -2.04. The van der Waals surface area contributed by atoms with Gasteiger partial charge in [0.05, 0.1) is 13.7 Å². The number of hydrogen-bond donors (Lipinski definition) is 2. The van der Waals surface area contributed by atoms with Crippen LogP contribution in [0.4, 0.5) is 0 Å². The molecule has 0 atom stereocenters. The Balaban J connectivity index is 2.35. The van der Waals surface area contributed by atoms with Gasteiger partial charge in [-0.1, -0.05) is 6.58 Å². The van der Waals surface area contributed by atoms with Gasteiger partial charge in [0, 0.05) is 35.9 Å². The van der Waals surface area contributed by atoms with E-state index in [9.17, 15) is 5.11 Å². The molecular formula is C18H21N2O2+. The number of nitrogens with two attached hydrogens (primary N) is 1. The summed E-state index contributed by atoms with van der Waals surface area (Å²) in [6.45, 7) is 5.08. The summed E-state index contributed by atoms with van der Waals surface area (Å²) in [6, 6.07) is 11.2. The molecule has 0 fully saturated rings. The first-order valence-electron chi connectivity index (χ1n) is 7.10. The Bertz CT molecular complexity index is 693. The Morgan fingerprint density at radius 3 is 2.64 bits per heavy atom. The standard InChI is InChI=1S/C18H20N2O2/c1-3-15-5-4-6-16(20(15)12-11-19)9-7-14-8-10-17(22-2)13-18(14)21/h3-10,13H,1,11-12,19H2,2H3/p+1. The third kappa shape index (κ3) is 3.54. The summed E-state index contributed by atoms with van der Waals surface area (Å²) in [5.74, 6) is 0.808. The normalized spacial score (nSPS) is 10.8. The molecular weight excluding hydrogens is 276 g/mol. The maximum Gasteiger partial charge on any atom is 0.205 e. The van der Waals surface area contributed by atoms with Crippen LogP contribution in [0.5, 0.6) is 11.5 Å². The van der Waals surface area contributed by atoms with Crippen molar-refractivity contribution in [2.75, 3.05) is 13.7 Å². The monoisotopic (exact) mass is 297 g/mol. The summed E-state index contributed by atoms with van der Waals surface area (Å²) in [5, 5.41) is 10.00. The van der Waals surface area contributed by atoms with Crippen LogP contribution in [0.15, 0.2) is 43.0 Å². The fourth-order valence-electron chi connectivity index (χ4n) is 2.25. The van der Waals surface area contributed by atoms with E-state index in [0.717, 1.165) is 17.0 Å². The second-order valence-corrected chi connectivity index (χ2v) is 4.78. The Labute approximate surface area is 130 Å². The van der Waals surface area contributed by atoms with E-state index in [0.29, 0.717) is 18.8 Å². The molecule has 0 aliphatic heterocycles. The number of rotatable bonds is 6. The summed E-state index contributed by atoms with van der Waals surface area (Å²) in [5.41, 5.74) is 8.41. The van der Waals surface area contributed by atoms with E-state index in [1.807, 2.05) is 42.5 Å². The molecule has 1 heterocycles. The fraction of sp³-hybridized carbons (Fsp3) is 0.167. The van der Waals surface area contributed by atoms with Crippen LogP contribution in [0.2, 0.25) is 0 Å².